The van der Waals surface area contributed by atoms with Crippen molar-refractivity contribution in [1.82, 2.24) is 4.98 Å². The molecule has 0 saturated heterocycles. The number of amides is 1. The predicted molar refractivity (Wildman–Crippen MR) is 73.9 cm³/mol. The molecule has 4 nitrogen and oxygen atoms in total. The molecule has 0 radical (unpaired) electrons. The van der Waals surface area contributed by atoms with Gasteiger partial charge in [0.2, 0.25) is 0 Å². The second-order valence-electron chi connectivity index (χ2n) is 4.72. The van der Waals surface area contributed by atoms with Gasteiger partial charge in [0.15, 0.2) is 0 Å². The molecule has 0 aliphatic carbocycles. The molecule has 1 aromatic heterocycles. The van der Waals surface area contributed by atoms with Crippen LogP contribution in [0.1, 0.15) is 21.6 Å². The van der Waals surface area contributed by atoms with Gasteiger partial charge in [-0.05, 0) is 36.2 Å². The number of hydrogen-bond acceptors (Lipinski definition) is 3. The van der Waals surface area contributed by atoms with Crippen molar-refractivity contribution in [3.8, 4) is 0 Å². The van der Waals surface area contributed by atoms with E-state index in [-0.39, 0.29) is 18.3 Å². The first-order valence-electron chi connectivity index (χ1n) is 6.44. The summed E-state index contributed by atoms with van der Waals surface area (Å²) in [6, 6.07) is 7.89. The Morgan fingerprint density at radius 3 is 3.00 bits per heavy atom. The number of nitrogens with two attached hydrogens (primary N) is 1. The second kappa shape index (κ2) is 5.02. The number of carbonyl (C=O) groups excluding carboxylic acids is 1. The Bertz CT molecular complexity index is 672. The number of anilines is 1. The SMILES string of the molecule is NCc1cc(C(=O)N2CCc3ccc(F)cc32)ccn1. The highest BCUT2D eigenvalue weighted by Crippen LogP contribution is 2.29. The van der Waals surface area contributed by atoms with Crippen molar-refractivity contribution in [1.29, 1.82) is 0 Å². The topological polar surface area (TPSA) is 59.2 Å². The molecule has 0 atom stereocenters. The molecule has 2 N–H and O–H groups in total. The molecule has 1 aromatic carbocycles. The molecule has 1 aliphatic rings. The first kappa shape index (κ1) is 12.7. The van der Waals surface area contributed by atoms with Crippen LogP contribution in [0.2, 0.25) is 0 Å². The number of halogens is 1. The van der Waals surface area contributed by atoms with Crippen LogP contribution >= 0.6 is 0 Å². The summed E-state index contributed by atoms with van der Waals surface area (Å²) in [6.45, 7) is 0.851. The lowest BCUT2D eigenvalue weighted by Gasteiger charge is -2.17. The summed E-state index contributed by atoms with van der Waals surface area (Å²) < 4.78 is 13.4. The minimum Gasteiger partial charge on any atom is -0.325 e. The number of benzene rings is 1. The Balaban J connectivity index is 1.95. The summed E-state index contributed by atoms with van der Waals surface area (Å²) in [5, 5.41) is 0. The molecule has 0 unspecified atom stereocenters. The number of fused-ring (bicyclic) bond motifs is 1. The maximum atomic E-state index is 13.4. The van der Waals surface area contributed by atoms with Gasteiger partial charge in [-0.2, -0.15) is 0 Å². The van der Waals surface area contributed by atoms with Crippen molar-refractivity contribution in [2.75, 3.05) is 11.4 Å². The Morgan fingerprint density at radius 2 is 2.20 bits per heavy atom. The van der Waals surface area contributed by atoms with Crippen LogP contribution in [0.25, 0.3) is 0 Å². The zero-order valence-corrected chi connectivity index (χ0v) is 10.8. The summed E-state index contributed by atoms with van der Waals surface area (Å²) in [5.74, 6) is -0.479. The van der Waals surface area contributed by atoms with Crippen LogP contribution in [0.4, 0.5) is 10.1 Å². The van der Waals surface area contributed by atoms with E-state index in [1.165, 1.54) is 12.1 Å². The molecule has 102 valence electrons. The maximum absolute atomic E-state index is 13.4. The van der Waals surface area contributed by atoms with Crippen molar-refractivity contribution in [2.45, 2.75) is 13.0 Å². The van der Waals surface area contributed by atoms with E-state index in [4.69, 9.17) is 5.73 Å². The molecule has 1 aliphatic heterocycles. The molecule has 0 spiro atoms. The van der Waals surface area contributed by atoms with Crippen molar-refractivity contribution in [2.24, 2.45) is 5.73 Å². The number of carbonyl (C=O) groups is 1. The molecule has 2 aromatic rings. The van der Waals surface area contributed by atoms with Gasteiger partial charge < -0.3 is 10.6 Å². The smallest absolute Gasteiger partial charge is 0.258 e. The van der Waals surface area contributed by atoms with E-state index < -0.39 is 0 Å². The van der Waals surface area contributed by atoms with Crippen molar-refractivity contribution >= 4 is 11.6 Å². The lowest BCUT2D eigenvalue weighted by Crippen LogP contribution is -2.29. The lowest BCUT2D eigenvalue weighted by molar-refractivity contribution is 0.0989. The molecule has 2 heterocycles. The van der Waals surface area contributed by atoms with Crippen molar-refractivity contribution in [3.05, 3.63) is 59.2 Å². The van der Waals surface area contributed by atoms with Gasteiger partial charge in [-0.1, -0.05) is 6.07 Å². The van der Waals surface area contributed by atoms with E-state index in [2.05, 4.69) is 4.98 Å². The molecular formula is C15H14FN3O. The minimum atomic E-state index is -0.333. The van der Waals surface area contributed by atoms with E-state index in [9.17, 15) is 9.18 Å². The molecule has 0 fully saturated rings. The quantitative estimate of drug-likeness (QED) is 0.907. The molecule has 20 heavy (non-hydrogen) atoms. The highest BCUT2D eigenvalue weighted by atomic mass is 19.1. The summed E-state index contributed by atoms with van der Waals surface area (Å²) in [7, 11) is 0. The summed E-state index contributed by atoms with van der Waals surface area (Å²) in [6.07, 6.45) is 2.31. The van der Waals surface area contributed by atoms with Crippen molar-refractivity contribution in [3.63, 3.8) is 0 Å². The van der Waals surface area contributed by atoms with Gasteiger partial charge in [0.1, 0.15) is 5.82 Å². The highest BCUT2D eigenvalue weighted by molar-refractivity contribution is 6.07. The number of nitrogens with zero attached hydrogens (tertiary/aromatic N) is 2. The first-order valence-corrected chi connectivity index (χ1v) is 6.44. The molecular weight excluding hydrogens is 257 g/mol. The Hall–Kier alpha value is -2.27. The van der Waals surface area contributed by atoms with E-state index >= 15 is 0 Å². The lowest BCUT2D eigenvalue weighted by atomic mass is 10.1. The number of hydrogen-bond donors (Lipinski definition) is 1. The highest BCUT2D eigenvalue weighted by Gasteiger charge is 2.26. The van der Waals surface area contributed by atoms with Crippen LogP contribution < -0.4 is 10.6 Å². The van der Waals surface area contributed by atoms with Gasteiger partial charge in [0.25, 0.3) is 5.91 Å². The van der Waals surface area contributed by atoms with Gasteiger partial charge >= 0.3 is 0 Å². The normalized spacial score (nSPS) is 13.4. The van der Waals surface area contributed by atoms with Crippen LogP contribution in [0.3, 0.4) is 0 Å². The first-order chi connectivity index (χ1) is 9.69. The zero-order valence-electron chi connectivity index (χ0n) is 10.8. The summed E-state index contributed by atoms with van der Waals surface area (Å²) >= 11 is 0. The Morgan fingerprint density at radius 1 is 1.35 bits per heavy atom. The fourth-order valence-electron chi connectivity index (χ4n) is 2.44. The summed E-state index contributed by atoms with van der Waals surface area (Å²) in [4.78, 5) is 18.2. The Labute approximate surface area is 116 Å². The van der Waals surface area contributed by atoms with Crippen molar-refractivity contribution < 1.29 is 9.18 Å². The van der Waals surface area contributed by atoms with Gasteiger partial charge in [-0.3, -0.25) is 9.78 Å². The average Bonchev–Trinajstić information content (AvgIpc) is 2.89. The number of pyridine rings is 1. The van der Waals surface area contributed by atoms with Gasteiger partial charge in [0, 0.05) is 24.8 Å². The fourth-order valence-corrected chi connectivity index (χ4v) is 2.44. The van der Waals surface area contributed by atoms with E-state index in [0.717, 1.165) is 12.0 Å². The van der Waals surface area contributed by atoms with Gasteiger partial charge in [-0.15, -0.1) is 0 Å². The molecule has 0 saturated carbocycles. The standard InChI is InChI=1S/C15H14FN3O/c16-12-2-1-10-4-6-19(14(10)8-12)15(20)11-3-5-18-13(7-11)9-17/h1-3,5,7-8H,4,6,9,17H2. The van der Waals surface area contributed by atoms with E-state index in [0.29, 0.717) is 23.5 Å². The monoisotopic (exact) mass is 271 g/mol. The minimum absolute atomic E-state index is 0.147. The van der Waals surface area contributed by atoms with Crippen LogP contribution in [0.15, 0.2) is 36.5 Å². The molecule has 1 amide bonds. The molecule has 0 bridgehead atoms. The van der Waals surface area contributed by atoms with E-state index in [1.807, 2.05) is 0 Å². The largest absolute Gasteiger partial charge is 0.325 e. The maximum Gasteiger partial charge on any atom is 0.258 e. The molecule has 3 rings (SSSR count). The van der Waals surface area contributed by atoms with Crippen LogP contribution in [-0.2, 0) is 13.0 Å². The third-order valence-electron chi connectivity index (χ3n) is 3.46. The number of rotatable bonds is 2. The summed E-state index contributed by atoms with van der Waals surface area (Å²) in [5.41, 5.74) is 8.37. The van der Waals surface area contributed by atoms with Crippen LogP contribution in [0, 0.1) is 5.82 Å². The van der Waals surface area contributed by atoms with Crippen LogP contribution in [-0.4, -0.2) is 17.4 Å². The van der Waals surface area contributed by atoms with Gasteiger partial charge in [-0.25, -0.2) is 4.39 Å². The van der Waals surface area contributed by atoms with Gasteiger partial charge in [0.05, 0.1) is 11.4 Å². The number of aromatic nitrogens is 1. The average molecular weight is 271 g/mol. The molecule has 5 heteroatoms. The van der Waals surface area contributed by atoms with E-state index in [1.54, 1.807) is 29.3 Å². The third-order valence-corrected chi connectivity index (χ3v) is 3.46. The zero-order chi connectivity index (χ0) is 14.1. The van der Waals surface area contributed by atoms with Crippen LogP contribution in [0.5, 0.6) is 0 Å². The Kier molecular flexibility index (Phi) is 3.20. The second-order valence-corrected chi connectivity index (χ2v) is 4.72. The third kappa shape index (κ3) is 2.16. The fraction of sp³-hybridized carbons (Fsp3) is 0.200. The predicted octanol–water partition coefficient (Wildman–Crippen LogP) is 1.88.